The van der Waals surface area contributed by atoms with E-state index in [0.717, 1.165) is 11.7 Å². The Morgan fingerprint density at radius 3 is 3.06 bits per heavy atom. The van der Waals surface area contributed by atoms with E-state index < -0.39 is 0 Å². The number of hydrogen-bond donors (Lipinski definition) is 1. The van der Waals surface area contributed by atoms with Gasteiger partial charge in [-0.2, -0.15) is 0 Å². The molecule has 1 aromatic rings. The van der Waals surface area contributed by atoms with Gasteiger partial charge in [0.05, 0.1) is 11.9 Å². The fourth-order valence-electron chi connectivity index (χ4n) is 3.02. The number of nitrogens with zero attached hydrogens (tertiary/aromatic N) is 2. The van der Waals surface area contributed by atoms with Crippen LogP contribution in [-0.2, 0) is 0 Å². The number of aromatic nitrogens is 1. The van der Waals surface area contributed by atoms with Crippen molar-refractivity contribution in [1.29, 1.82) is 0 Å². The number of fused-ring (bicyclic) bond motifs is 1. The summed E-state index contributed by atoms with van der Waals surface area (Å²) >= 11 is 0. The van der Waals surface area contributed by atoms with Gasteiger partial charge in [0.1, 0.15) is 0 Å². The van der Waals surface area contributed by atoms with Crippen molar-refractivity contribution in [3.8, 4) is 0 Å². The molecule has 3 heterocycles. The van der Waals surface area contributed by atoms with Crippen LogP contribution in [0.15, 0.2) is 18.3 Å². The third kappa shape index (κ3) is 1.80. The highest BCUT2D eigenvalue weighted by Crippen LogP contribution is 2.29. The van der Waals surface area contributed by atoms with Crippen molar-refractivity contribution in [3.05, 3.63) is 24.0 Å². The van der Waals surface area contributed by atoms with Crippen LogP contribution >= 0.6 is 0 Å². The highest BCUT2D eigenvalue weighted by atomic mass is 15.2. The van der Waals surface area contributed by atoms with Crippen LogP contribution in [0.1, 0.15) is 25.0 Å². The zero-order valence-electron chi connectivity index (χ0n) is 9.82. The Morgan fingerprint density at radius 1 is 1.31 bits per heavy atom. The molecule has 16 heavy (non-hydrogen) atoms. The third-order valence-electron chi connectivity index (χ3n) is 3.87. The predicted molar refractivity (Wildman–Crippen MR) is 65.6 cm³/mol. The van der Waals surface area contributed by atoms with Crippen molar-refractivity contribution < 1.29 is 0 Å². The molecule has 0 aromatic carbocycles. The quantitative estimate of drug-likeness (QED) is 0.821. The van der Waals surface area contributed by atoms with Crippen molar-refractivity contribution in [1.82, 2.24) is 9.88 Å². The molecule has 1 N–H and O–H groups in total. The molecule has 0 amide bonds. The Morgan fingerprint density at radius 2 is 2.25 bits per heavy atom. The molecular weight excluding hydrogens is 198 g/mol. The summed E-state index contributed by atoms with van der Waals surface area (Å²) in [6.07, 6.45) is 5.96. The third-order valence-corrected chi connectivity index (χ3v) is 3.87. The Bertz CT molecular complexity index is 360. The van der Waals surface area contributed by atoms with Gasteiger partial charge in [-0.1, -0.05) is 0 Å². The average Bonchev–Trinajstić information content (AvgIpc) is 2.86. The van der Waals surface area contributed by atoms with Crippen LogP contribution in [0, 0.1) is 6.92 Å². The molecule has 0 saturated carbocycles. The topological polar surface area (TPSA) is 28.2 Å². The minimum Gasteiger partial charge on any atom is -0.379 e. The van der Waals surface area contributed by atoms with E-state index in [-0.39, 0.29) is 0 Å². The van der Waals surface area contributed by atoms with Gasteiger partial charge in [-0.05, 0) is 44.9 Å². The summed E-state index contributed by atoms with van der Waals surface area (Å²) in [7, 11) is 0. The van der Waals surface area contributed by atoms with Gasteiger partial charge in [0.15, 0.2) is 0 Å². The number of rotatable bonds is 2. The van der Waals surface area contributed by atoms with E-state index in [2.05, 4.69) is 27.3 Å². The van der Waals surface area contributed by atoms with Crippen LogP contribution in [0.2, 0.25) is 0 Å². The van der Waals surface area contributed by atoms with E-state index in [1.165, 1.54) is 38.0 Å². The van der Waals surface area contributed by atoms with E-state index >= 15 is 0 Å². The average molecular weight is 217 g/mol. The molecule has 1 aromatic heterocycles. The van der Waals surface area contributed by atoms with E-state index in [9.17, 15) is 0 Å². The largest absolute Gasteiger partial charge is 0.379 e. The summed E-state index contributed by atoms with van der Waals surface area (Å²) in [6.45, 7) is 4.59. The Hall–Kier alpha value is -1.09. The Labute approximate surface area is 96.9 Å². The zero-order chi connectivity index (χ0) is 11.0. The molecule has 2 saturated heterocycles. The van der Waals surface area contributed by atoms with Gasteiger partial charge in [0, 0.05) is 24.3 Å². The second kappa shape index (κ2) is 4.06. The van der Waals surface area contributed by atoms with Gasteiger partial charge in [-0.3, -0.25) is 9.88 Å². The Kier molecular flexibility index (Phi) is 2.56. The highest BCUT2D eigenvalue weighted by molar-refractivity contribution is 5.42. The summed E-state index contributed by atoms with van der Waals surface area (Å²) in [5.74, 6) is 0. The summed E-state index contributed by atoms with van der Waals surface area (Å²) in [4.78, 5) is 6.95. The lowest BCUT2D eigenvalue weighted by molar-refractivity contribution is 0.318. The maximum absolute atomic E-state index is 4.33. The first-order valence-corrected chi connectivity index (χ1v) is 6.26. The van der Waals surface area contributed by atoms with Crippen molar-refractivity contribution in [3.63, 3.8) is 0 Å². The zero-order valence-corrected chi connectivity index (χ0v) is 9.82. The number of hydrogen-bond acceptors (Lipinski definition) is 3. The van der Waals surface area contributed by atoms with Crippen molar-refractivity contribution in [2.45, 2.75) is 38.3 Å². The standard InChI is InChI=1S/C13H19N3/c1-10-4-5-11(9-14-10)15-12-6-8-16-7-2-3-13(12)16/h4-5,9,12-13,15H,2-3,6-8H2,1H3. The molecule has 0 radical (unpaired) electrons. The van der Waals surface area contributed by atoms with Gasteiger partial charge in [0.25, 0.3) is 0 Å². The van der Waals surface area contributed by atoms with Gasteiger partial charge in [-0.15, -0.1) is 0 Å². The van der Waals surface area contributed by atoms with Crippen molar-refractivity contribution >= 4 is 5.69 Å². The lowest BCUT2D eigenvalue weighted by Gasteiger charge is -2.22. The molecule has 86 valence electrons. The summed E-state index contributed by atoms with van der Waals surface area (Å²) < 4.78 is 0. The fraction of sp³-hybridized carbons (Fsp3) is 0.615. The molecule has 2 aliphatic heterocycles. The first kappa shape index (κ1) is 10.1. The smallest absolute Gasteiger partial charge is 0.0529 e. The van der Waals surface area contributed by atoms with Crippen LogP contribution in [0.4, 0.5) is 5.69 Å². The fourth-order valence-corrected chi connectivity index (χ4v) is 3.02. The monoisotopic (exact) mass is 217 g/mol. The molecule has 3 nitrogen and oxygen atoms in total. The second-order valence-electron chi connectivity index (χ2n) is 4.97. The van der Waals surface area contributed by atoms with Gasteiger partial charge < -0.3 is 5.32 Å². The van der Waals surface area contributed by atoms with Crippen LogP contribution < -0.4 is 5.32 Å². The molecule has 0 bridgehead atoms. The van der Waals surface area contributed by atoms with Crippen LogP contribution in [-0.4, -0.2) is 35.1 Å². The normalized spacial score (nSPS) is 29.3. The number of pyridine rings is 1. The molecule has 2 aliphatic rings. The second-order valence-corrected chi connectivity index (χ2v) is 4.97. The molecule has 3 rings (SSSR count). The maximum atomic E-state index is 4.33. The lowest BCUT2D eigenvalue weighted by atomic mass is 10.1. The maximum Gasteiger partial charge on any atom is 0.0529 e. The minimum atomic E-state index is 0.631. The molecule has 0 aliphatic carbocycles. The molecule has 2 unspecified atom stereocenters. The van der Waals surface area contributed by atoms with E-state index in [4.69, 9.17) is 0 Å². The van der Waals surface area contributed by atoms with Gasteiger partial charge in [0.2, 0.25) is 0 Å². The Balaban J connectivity index is 1.68. The van der Waals surface area contributed by atoms with Crippen LogP contribution in [0.5, 0.6) is 0 Å². The lowest BCUT2D eigenvalue weighted by Crippen LogP contribution is -2.33. The SMILES string of the molecule is Cc1ccc(NC2CCN3CCCC23)cn1. The van der Waals surface area contributed by atoms with Crippen molar-refractivity contribution in [2.24, 2.45) is 0 Å². The highest BCUT2D eigenvalue weighted by Gasteiger charge is 2.36. The van der Waals surface area contributed by atoms with Crippen LogP contribution in [0.3, 0.4) is 0 Å². The minimum absolute atomic E-state index is 0.631. The summed E-state index contributed by atoms with van der Waals surface area (Å²) in [6, 6.07) is 5.61. The number of anilines is 1. The molecule has 3 heteroatoms. The van der Waals surface area contributed by atoms with E-state index in [1.807, 2.05) is 13.1 Å². The molecule has 2 atom stereocenters. The first-order valence-electron chi connectivity index (χ1n) is 6.26. The first-order chi connectivity index (χ1) is 7.83. The molecular formula is C13H19N3. The molecule has 0 spiro atoms. The predicted octanol–water partition coefficient (Wildman–Crippen LogP) is 2.04. The molecule has 2 fully saturated rings. The number of aryl methyl sites for hydroxylation is 1. The van der Waals surface area contributed by atoms with Crippen LogP contribution in [0.25, 0.3) is 0 Å². The van der Waals surface area contributed by atoms with E-state index in [0.29, 0.717) is 6.04 Å². The van der Waals surface area contributed by atoms with Gasteiger partial charge >= 0.3 is 0 Å². The summed E-state index contributed by atoms with van der Waals surface area (Å²) in [5.41, 5.74) is 2.25. The summed E-state index contributed by atoms with van der Waals surface area (Å²) in [5, 5.41) is 3.64. The van der Waals surface area contributed by atoms with E-state index in [1.54, 1.807) is 0 Å². The van der Waals surface area contributed by atoms with Gasteiger partial charge in [-0.25, -0.2) is 0 Å². The number of nitrogens with one attached hydrogen (secondary N) is 1. The van der Waals surface area contributed by atoms with Crippen molar-refractivity contribution in [2.75, 3.05) is 18.4 Å².